The lowest BCUT2D eigenvalue weighted by Crippen LogP contribution is -2.31. The number of para-hydroxylation sites is 2. The third kappa shape index (κ3) is 4.01. The van der Waals surface area contributed by atoms with Gasteiger partial charge in [0.05, 0.1) is 10.6 Å². The Hall–Kier alpha value is -3.51. The van der Waals surface area contributed by atoms with Crippen molar-refractivity contribution in [2.45, 2.75) is 20.3 Å². The van der Waals surface area contributed by atoms with E-state index in [2.05, 4.69) is 28.2 Å². The second-order valence-corrected chi connectivity index (χ2v) is 8.95. The molecule has 2 aromatic carbocycles. The van der Waals surface area contributed by atoms with Crippen molar-refractivity contribution >= 4 is 45.5 Å². The highest BCUT2D eigenvalue weighted by atomic mass is 32.2. The predicted octanol–water partition coefficient (Wildman–Crippen LogP) is 5.96. The highest BCUT2D eigenvalue weighted by Crippen LogP contribution is 2.35. The summed E-state index contributed by atoms with van der Waals surface area (Å²) in [5, 5.41) is 1.92. The molecule has 5 rings (SSSR count). The summed E-state index contributed by atoms with van der Waals surface area (Å²) in [6.07, 6.45) is 4.76. The van der Waals surface area contributed by atoms with Gasteiger partial charge in [0.15, 0.2) is 5.17 Å². The van der Waals surface area contributed by atoms with Gasteiger partial charge in [-0.3, -0.25) is 9.69 Å². The lowest BCUT2D eigenvalue weighted by molar-refractivity contribution is -0.122. The van der Waals surface area contributed by atoms with Crippen molar-refractivity contribution in [1.82, 2.24) is 14.9 Å². The molecule has 1 fully saturated rings. The molecule has 0 spiro atoms. The van der Waals surface area contributed by atoms with E-state index < -0.39 is 0 Å². The molecule has 0 bridgehead atoms. The topological polar surface area (TPSA) is 64.2 Å². The number of amidine groups is 1. The number of hydrogen-bond donors (Lipinski definition) is 2. The zero-order valence-electron chi connectivity index (χ0n) is 18.1. The molecule has 6 heteroatoms. The number of thioether (sulfide) groups is 1. The Morgan fingerprint density at radius 1 is 1.06 bits per heavy atom. The first-order valence-corrected chi connectivity index (χ1v) is 11.5. The van der Waals surface area contributed by atoms with Gasteiger partial charge >= 0.3 is 0 Å². The molecule has 2 N–H and O–H groups in total. The number of amides is 1. The highest BCUT2D eigenvalue weighted by Gasteiger charge is 2.33. The van der Waals surface area contributed by atoms with E-state index in [0.717, 1.165) is 39.7 Å². The number of aromatic nitrogens is 2. The summed E-state index contributed by atoms with van der Waals surface area (Å²) in [6, 6.07) is 20.1. The van der Waals surface area contributed by atoms with Gasteiger partial charge in [-0.15, -0.1) is 0 Å². The summed E-state index contributed by atoms with van der Waals surface area (Å²) in [6.45, 7) is 4.62. The molecular formula is C26H24N4OS. The molecule has 0 unspecified atom stereocenters. The Kier molecular flexibility index (Phi) is 5.45. The number of aromatic amines is 2. The fourth-order valence-electron chi connectivity index (χ4n) is 4.01. The van der Waals surface area contributed by atoms with Gasteiger partial charge in [0.2, 0.25) is 0 Å². The van der Waals surface area contributed by atoms with Crippen LogP contribution in [0.2, 0.25) is 0 Å². The van der Waals surface area contributed by atoms with Gasteiger partial charge in [-0.1, -0.05) is 36.4 Å². The predicted molar refractivity (Wildman–Crippen MR) is 133 cm³/mol. The van der Waals surface area contributed by atoms with E-state index in [1.165, 1.54) is 22.7 Å². The maximum Gasteiger partial charge on any atom is 0.266 e. The van der Waals surface area contributed by atoms with E-state index in [1.807, 2.05) is 68.6 Å². The Bertz CT molecular complexity index is 1350. The van der Waals surface area contributed by atoms with E-state index in [4.69, 9.17) is 4.99 Å². The average molecular weight is 441 g/mol. The molecule has 1 aliphatic rings. The smallest absolute Gasteiger partial charge is 0.266 e. The Morgan fingerprint density at radius 3 is 2.62 bits per heavy atom. The van der Waals surface area contributed by atoms with E-state index in [1.54, 1.807) is 4.90 Å². The van der Waals surface area contributed by atoms with Gasteiger partial charge in [-0.2, -0.15) is 0 Å². The second-order valence-electron chi connectivity index (χ2n) is 7.94. The van der Waals surface area contributed by atoms with Gasteiger partial charge in [0.1, 0.15) is 0 Å². The van der Waals surface area contributed by atoms with Crippen molar-refractivity contribution in [2.24, 2.45) is 4.99 Å². The Morgan fingerprint density at radius 2 is 1.84 bits per heavy atom. The van der Waals surface area contributed by atoms with Crippen LogP contribution in [-0.4, -0.2) is 32.5 Å². The summed E-state index contributed by atoms with van der Waals surface area (Å²) in [5.41, 5.74) is 6.33. The van der Waals surface area contributed by atoms with Crippen molar-refractivity contribution in [2.75, 3.05) is 6.54 Å². The molecule has 1 aliphatic heterocycles. The minimum Gasteiger partial charge on any atom is -0.362 e. The number of aliphatic imine (C=N–C) groups is 1. The van der Waals surface area contributed by atoms with Crippen LogP contribution in [0.25, 0.3) is 17.0 Å². The van der Waals surface area contributed by atoms with Crippen LogP contribution < -0.4 is 0 Å². The van der Waals surface area contributed by atoms with Crippen LogP contribution in [-0.2, 0) is 11.2 Å². The summed E-state index contributed by atoms with van der Waals surface area (Å²) in [4.78, 5) is 27.3. The Labute approximate surface area is 191 Å². The van der Waals surface area contributed by atoms with Crippen LogP contribution in [0.15, 0.2) is 76.8 Å². The van der Waals surface area contributed by atoms with Gasteiger partial charge in [0, 0.05) is 35.0 Å². The van der Waals surface area contributed by atoms with Gasteiger partial charge < -0.3 is 9.97 Å². The number of benzene rings is 2. The maximum absolute atomic E-state index is 13.4. The summed E-state index contributed by atoms with van der Waals surface area (Å²) >= 11 is 1.44. The molecule has 1 amide bonds. The number of hydrogen-bond acceptors (Lipinski definition) is 3. The van der Waals surface area contributed by atoms with Gasteiger partial charge in [0.25, 0.3) is 5.91 Å². The maximum atomic E-state index is 13.4. The zero-order valence-corrected chi connectivity index (χ0v) is 18.9. The number of fused-ring (bicyclic) bond motifs is 1. The third-order valence-electron chi connectivity index (χ3n) is 5.62. The number of nitrogens with zero attached hydrogens (tertiary/aromatic N) is 2. The fraction of sp³-hybridized carbons (Fsp3) is 0.154. The van der Waals surface area contributed by atoms with Crippen LogP contribution >= 0.6 is 11.8 Å². The number of carbonyl (C=O) groups excluding carboxylic acids is 1. The van der Waals surface area contributed by atoms with Gasteiger partial charge in [-0.05, 0) is 73.5 Å². The molecule has 160 valence electrons. The molecule has 0 radical (unpaired) electrons. The fourth-order valence-corrected chi connectivity index (χ4v) is 5.02. The molecule has 0 saturated carbocycles. The number of carbonyl (C=O) groups is 1. The molecule has 0 aliphatic carbocycles. The minimum atomic E-state index is 0.00257. The largest absolute Gasteiger partial charge is 0.362 e. The minimum absolute atomic E-state index is 0.00257. The summed E-state index contributed by atoms with van der Waals surface area (Å²) in [5.74, 6) is 0.00257. The number of H-pyrrole nitrogens is 2. The highest BCUT2D eigenvalue weighted by molar-refractivity contribution is 8.18. The van der Waals surface area contributed by atoms with Crippen molar-refractivity contribution in [3.8, 4) is 0 Å². The lowest BCUT2D eigenvalue weighted by Gasteiger charge is -2.15. The summed E-state index contributed by atoms with van der Waals surface area (Å²) in [7, 11) is 0. The molecule has 3 heterocycles. The molecule has 0 atom stereocenters. The molecule has 1 saturated heterocycles. The third-order valence-corrected chi connectivity index (χ3v) is 6.63. The first-order chi connectivity index (χ1) is 15.6. The van der Waals surface area contributed by atoms with E-state index in [0.29, 0.717) is 11.4 Å². The molecule has 4 aromatic rings. The average Bonchev–Trinajstić information content (AvgIpc) is 3.44. The van der Waals surface area contributed by atoms with E-state index in [-0.39, 0.29) is 5.91 Å². The van der Waals surface area contributed by atoms with Crippen molar-refractivity contribution in [3.63, 3.8) is 0 Å². The Balaban J connectivity index is 1.46. The van der Waals surface area contributed by atoms with Crippen LogP contribution in [0.4, 0.5) is 5.69 Å². The quantitative estimate of drug-likeness (QED) is 0.376. The first kappa shape index (κ1) is 20.4. The van der Waals surface area contributed by atoms with Crippen molar-refractivity contribution in [1.29, 1.82) is 0 Å². The molecular weight excluding hydrogens is 416 g/mol. The monoisotopic (exact) mass is 440 g/mol. The summed E-state index contributed by atoms with van der Waals surface area (Å²) < 4.78 is 0. The number of rotatable bonds is 5. The number of aryl methyl sites for hydroxylation is 2. The van der Waals surface area contributed by atoms with Crippen molar-refractivity contribution < 1.29 is 4.79 Å². The number of nitrogens with one attached hydrogen (secondary N) is 2. The van der Waals surface area contributed by atoms with E-state index in [9.17, 15) is 4.79 Å². The first-order valence-electron chi connectivity index (χ1n) is 10.6. The van der Waals surface area contributed by atoms with Crippen molar-refractivity contribution in [3.05, 3.63) is 94.3 Å². The molecule has 2 aromatic heterocycles. The molecule has 32 heavy (non-hydrogen) atoms. The second kappa shape index (κ2) is 8.55. The van der Waals surface area contributed by atoms with Crippen LogP contribution in [0.5, 0.6) is 0 Å². The lowest BCUT2D eigenvalue weighted by atomic mass is 10.1. The molecule has 5 nitrogen and oxygen atoms in total. The normalized spacial score (nSPS) is 16.7. The van der Waals surface area contributed by atoms with Gasteiger partial charge in [-0.25, -0.2) is 4.99 Å². The van der Waals surface area contributed by atoms with E-state index >= 15 is 0 Å². The van der Waals surface area contributed by atoms with Crippen LogP contribution in [0.3, 0.4) is 0 Å². The standard InChI is InChI=1S/C26H24N4OS/c1-17-14-20(18(2)28-17)15-24-25(31)30(26(32-24)29-21-8-4-3-5-9-21)13-12-19-16-27-23-11-7-6-10-22(19)23/h3-11,14-16,27-28H,12-13H2,1-2H3. The van der Waals surface area contributed by atoms with Crippen LogP contribution in [0, 0.1) is 13.8 Å². The SMILES string of the molecule is Cc1cc(C=C2SC(=Nc3ccccc3)N(CCc3c[nH]c4ccccc34)C2=O)c(C)[nH]1. The van der Waals surface area contributed by atoms with Crippen LogP contribution in [0.1, 0.15) is 22.5 Å². The zero-order chi connectivity index (χ0) is 22.1.